The molecule has 0 radical (unpaired) electrons. The Bertz CT molecular complexity index is 905. The van der Waals surface area contributed by atoms with Gasteiger partial charge in [-0.05, 0) is 42.5 Å². The van der Waals surface area contributed by atoms with Crippen molar-refractivity contribution in [2.75, 3.05) is 18.4 Å². The van der Waals surface area contributed by atoms with Crippen LogP contribution in [-0.4, -0.2) is 31.7 Å². The highest BCUT2D eigenvalue weighted by molar-refractivity contribution is 7.89. The Labute approximate surface area is 151 Å². The van der Waals surface area contributed by atoms with Crippen molar-refractivity contribution in [2.45, 2.75) is 11.8 Å². The Hall–Kier alpha value is -2.40. The van der Waals surface area contributed by atoms with Crippen molar-refractivity contribution in [2.24, 2.45) is 0 Å². The van der Waals surface area contributed by atoms with Gasteiger partial charge < -0.3 is 5.32 Å². The van der Waals surface area contributed by atoms with Crippen molar-refractivity contribution in [1.29, 1.82) is 5.26 Å². The maximum atomic E-state index is 12.6. The Morgan fingerprint density at radius 3 is 2.52 bits per heavy atom. The molecule has 2 aromatic rings. The summed E-state index contributed by atoms with van der Waals surface area (Å²) >= 11 is 5.78. The van der Waals surface area contributed by atoms with Crippen LogP contribution in [0, 0.1) is 11.3 Å². The van der Waals surface area contributed by atoms with Gasteiger partial charge in [0.05, 0.1) is 23.1 Å². The highest BCUT2D eigenvalue weighted by Gasteiger charge is 2.25. The zero-order valence-electron chi connectivity index (χ0n) is 13.4. The summed E-state index contributed by atoms with van der Waals surface area (Å²) in [5.74, 6) is -0.491. The summed E-state index contributed by atoms with van der Waals surface area (Å²) in [4.78, 5) is 12.3. The van der Waals surface area contributed by atoms with E-state index in [1.807, 2.05) is 6.07 Å². The van der Waals surface area contributed by atoms with Crippen molar-refractivity contribution in [3.8, 4) is 6.07 Å². The fourth-order valence-corrected chi connectivity index (χ4v) is 3.68. The van der Waals surface area contributed by atoms with Crippen LogP contribution in [0.3, 0.4) is 0 Å². The topological polar surface area (TPSA) is 90.3 Å². The summed E-state index contributed by atoms with van der Waals surface area (Å²) in [6.07, 6.45) is 0. The number of amides is 1. The number of nitriles is 1. The van der Waals surface area contributed by atoms with Crippen molar-refractivity contribution >= 4 is 33.2 Å². The molecular formula is C17H16ClN3O3S. The molecule has 8 heteroatoms. The quantitative estimate of drug-likeness (QED) is 0.838. The SMILES string of the molecule is CCN(CC(=O)Nc1cccc(C#N)c1)S(=O)(=O)c1ccc(Cl)cc1. The van der Waals surface area contributed by atoms with Gasteiger partial charge in [0, 0.05) is 17.3 Å². The molecule has 1 amide bonds. The molecule has 0 aromatic heterocycles. The molecule has 0 spiro atoms. The van der Waals surface area contributed by atoms with E-state index in [1.165, 1.54) is 30.3 Å². The van der Waals surface area contributed by atoms with Gasteiger partial charge in [-0.3, -0.25) is 4.79 Å². The van der Waals surface area contributed by atoms with Crippen LogP contribution < -0.4 is 5.32 Å². The minimum absolute atomic E-state index is 0.0676. The number of benzene rings is 2. The average molecular weight is 378 g/mol. The van der Waals surface area contributed by atoms with Gasteiger partial charge in [0.1, 0.15) is 0 Å². The number of carbonyl (C=O) groups is 1. The van der Waals surface area contributed by atoms with E-state index in [9.17, 15) is 13.2 Å². The fourth-order valence-electron chi connectivity index (χ4n) is 2.15. The van der Waals surface area contributed by atoms with Crippen LogP contribution in [0.2, 0.25) is 5.02 Å². The van der Waals surface area contributed by atoms with Gasteiger partial charge in [-0.1, -0.05) is 24.6 Å². The van der Waals surface area contributed by atoms with Crippen LogP contribution >= 0.6 is 11.6 Å². The summed E-state index contributed by atoms with van der Waals surface area (Å²) in [7, 11) is -3.81. The van der Waals surface area contributed by atoms with E-state index in [0.29, 0.717) is 16.3 Å². The number of hydrogen-bond donors (Lipinski definition) is 1. The zero-order chi connectivity index (χ0) is 18.4. The van der Waals surface area contributed by atoms with Crippen LogP contribution in [0.1, 0.15) is 12.5 Å². The molecule has 6 nitrogen and oxygen atoms in total. The van der Waals surface area contributed by atoms with Gasteiger partial charge in [-0.25, -0.2) is 8.42 Å². The van der Waals surface area contributed by atoms with E-state index >= 15 is 0 Å². The van der Waals surface area contributed by atoms with E-state index in [2.05, 4.69) is 5.32 Å². The predicted molar refractivity (Wildman–Crippen MR) is 95.7 cm³/mol. The predicted octanol–water partition coefficient (Wildman–Crippen LogP) is 2.86. The lowest BCUT2D eigenvalue weighted by atomic mass is 10.2. The van der Waals surface area contributed by atoms with Crippen LogP contribution in [0.4, 0.5) is 5.69 Å². The third kappa shape index (κ3) is 4.79. The molecule has 0 aliphatic carbocycles. The second kappa shape index (κ2) is 8.12. The molecule has 0 aliphatic heterocycles. The van der Waals surface area contributed by atoms with Gasteiger partial charge in [-0.15, -0.1) is 0 Å². The first-order chi connectivity index (χ1) is 11.9. The first-order valence-corrected chi connectivity index (χ1v) is 9.24. The van der Waals surface area contributed by atoms with Crippen LogP contribution in [0.15, 0.2) is 53.4 Å². The van der Waals surface area contributed by atoms with Gasteiger partial charge in [0.15, 0.2) is 0 Å². The van der Waals surface area contributed by atoms with Crippen LogP contribution in [-0.2, 0) is 14.8 Å². The van der Waals surface area contributed by atoms with Crippen molar-refractivity contribution in [1.82, 2.24) is 4.31 Å². The Kier molecular flexibility index (Phi) is 6.15. The van der Waals surface area contributed by atoms with Gasteiger partial charge in [0.2, 0.25) is 15.9 Å². The highest BCUT2D eigenvalue weighted by atomic mass is 35.5. The highest BCUT2D eigenvalue weighted by Crippen LogP contribution is 2.18. The van der Waals surface area contributed by atoms with Gasteiger partial charge in [-0.2, -0.15) is 9.57 Å². The third-order valence-corrected chi connectivity index (χ3v) is 5.59. The minimum atomic E-state index is -3.81. The van der Waals surface area contributed by atoms with E-state index < -0.39 is 15.9 Å². The first-order valence-electron chi connectivity index (χ1n) is 7.42. The number of likely N-dealkylation sites (N-methyl/N-ethyl adjacent to an activating group) is 1. The average Bonchev–Trinajstić information content (AvgIpc) is 2.60. The molecule has 0 saturated heterocycles. The molecule has 2 aromatic carbocycles. The van der Waals surface area contributed by atoms with Crippen LogP contribution in [0.25, 0.3) is 0 Å². The number of rotatable bonds is 6. The largest absolute Gasteiger partial charge is 0.325 e. The molecule has 1 N–H and O–H groups in total. The molecular weight excluding hydrogens is 362 g/mol. The van der Waals surface area contributed by atoms with Gasteiger partial charge >= 0.3 is 0 Å². The lowest BCUT2D eigenvalue weighted by Crippen LogP contribution is -2.37. The second-order valence-electron chi connectivity index (χ2n) is 5.13. The summed E-state index contributed by atoms with van der Waals surface area (Å²) < 4.78 is 26.3. The monoisotopic (exact) mass is 377 g/mol. The lowest BCUT2D eigenvalue weighted by Gasteiger charge is -2.20. The van der Waals surface area contributed by atoms with Crippen molar-refractivity contribution in [3.63, 3.8) is 0 Å². The molecule has 0 saturated carbocycles. The molecule has 0 fully saturated rings. The summed E-state index contributed by atoms with van der Waals surface area (Å²) in [6, 6.07) is 14.1. The third-order valence-electron chi connectivity index (χ3n) is 3.40. The maximum absolute atomic E-state index is 12.6. The Morgan fingerprint density at radius 1 is 1.24 bits per heavy atom. The Balaban J connectivity index is 2.14. The number of carbonyl (C=O) groups excluding carboxylic acids is 1. The van der Waals surface area contributed by atoms with E-state index in [0.717, 1.165) is 4.31 Å². The number of nitrogens with zero attached hydrogens (tertiary/aromatic N) is 2. The first kappa shape index (κ1) is 18.9. The summed E-state index contributed by atoms with van der Waals surface area (Å²) in [5.41, 5.74) is 0.836. The fraction of sp³-hybridized carbons (Fsp3) is 0.176. The number of nitrogens with one attached hydrogen (secondary N) is 1. The standard InChI is InChI=1S/C17H16ClN3O3S/c1-2-21(25(23,24)16-8-6-14(18)7-9-16)12-17(22)20-15-5-3-4-13(10-15)11-19/h3-10H,2,12H2,1H3,(H,20,22). The van der Waals surface area contributed by atoms with E-state index in [1.54, 1.807) is 25.1 Å². The number of anilines is 1. The maximum Gasteiger partial charge on any atom is 0.243 e. The number of halogens is 1. The Morgan fingerprint density at radius 2 is 1.92 bits per heavy atom. The molecule has 25 heavy (non-hydrogen) atoms. The molecule has 0 bridgehead atoms. The lowest BCUT2D eigenvalue weighted by molar-refractivity contribution is -0.116. The number of sulfonamides is 1. The zero-order valence-corrected chi connectivity index (χ0v) is 15.0. The molecule has 0 aliphatic rings. The van der Waals surface area contributed by atoms with Crippen molar-refractivity contribution < 1.29 is 13.2 Å². The normalized spacial score (nSPS) is 11.1. The smallest absolute Gasteiger partial charge is 0.243 e. The summed E-state index contributed by atoms with van der Waals surface area (Å²) in [5, 5.41) is 11.9. The van der Waals surface area contributed by atoms with Gasteiger partial charge in [0.25, 0.3) is 0 Å². The minimum Gasteiger partial charge on any atom is -0.325 e. The van der Waals surface area contributed by atoms with Crippen LogP contribution in [0.5, 0.6) is 0 Å². The second-order valence-corrected chi connectivity index (χ2v) is 7.50. The summed E-state index contributed by atoms with van der Waals surface area (Å²) in [6.45, 7) is 1.45. The van der Waals surface area contributed by atoms with Crippen molar-refractivity contribution in [3.05, 3.63) is 59.1 Å². The molecule has 0 atom stereocenters. The molecule has 130 valence electrons. The van der Waals surface area contributed by atoms with E-state index in [4.69, 9.17) is 16.9 Å². The number of hydrogen-bond acceptors (Lipinski definition) is 4. The molecule has 0 unspecified atom stereocenters. The molecule has 0 heterocycles. The van der Waals surface area contributed by atoms with E-state index in [-0.39, 0.29) is 18.0 Å². The molecule has 2 rings (SSSR count).